The Bertz CT molecular complexity index is 1180. The molecule has 3 fully saturated rings. The maximum atomic E-state index is 10.3. The van der Waals surface area contributed by atoms with E-state index in [1.54, 1.807) is 11.8 Å². The number of thioether (sulfide) groups is 1. The molecular formula is C32H38N2S. The SMILES string of the molecule is C=CCSc1nc2c(c(-c3ccccc3)c1C#N)C[C@@H]1[C@H]3CC[C@H]4CCCC[C@]4(C)[C@H]3CC[C@]21C. The van der Waals surface area contributed by atoms with Crippen molar-refractivity contribution in [2.45, 2.75) is 82.1 Å². The monoisotopic (exact) mass is 482 g/mol. The van der Waals surface area contributed by atoms with Gasteiger partial charge in [-0.05, 0) is 85.2 Å². The van der Waals surface area contributed by atoms with Gasteiger partial charge in [-0.3, -0.25) is 0 Å². The molecule has 0 amide bonds. The number of hydrogen-bond donors (Lipinski definition) is 0. The highest BCUT2D eigenvalue weighted by atomic mass is 32.2. The molecule has 3 heteroatoms. The molecule has 35 heavy (non-hydrogen) atoms. The number of hydrogen-bond acceptors (Lipinski definition) is 3. The van der Waals surface area contributed by atoms with Crippen LogP contribution in [-0.4, -0.2) is 10.7 Å². The van der Waals surface area contributed by atoms with Crippen LogP contribution in [0.1, 0.15) is 82.0 Å². The summed E-state index contributed by atoms with van der Waals surface area (Å²) in [5.41, 5.74) is 6.44. The van der Waals surface area contributed by atoms with Gasteiger partial charge >= 0.3 is 0 Å². The van der Waals surface area contributed by atoms with Crippen molar-refractivity contribution in [1.82, 2.24) is 4.98 Å². The van der Waals surface area contributed by atoms with Crippen LogP contribution in [0, 0.1) is 40.4 Å². The smallest absolute Gasteiger partial charge is 0.115 e. The summed E-state index contributed by atoms with van der Waals surface area (Å²) < 4.78 is 0. The zero-order valence-electron chi connectivity index (χ0n) is 21.4. The van der Waals surface area contributed by atoms with E-state index in [4.69, 9.17) is 4.98 Å². The first-order valence-electron chi connectivity index (χ1n) is 13.8. The molecule has 2 aromatic rings. The molecule has 1 aromatic carbocycles. The number of pyridine rings is 1. The van der Waals surface area contributed by atoms with Crippen molar-refractivity contribution in [2.24, 2.45) is 29.1 Å². The zero-order valence-corrected chi connectivity index (χ0v) is 22.2. The van der Waals surface area contributed by atoms with Gasteiger partial charge in [0.1, 0.15) is 11.1 Å². The molecule has 182 valence electrons. The molecule has 0 spiro atoms. The fraction of sp³-hybridized carbons (Fsp3) is 0.562. The summed E-state index contributed by atoms with van der Waals surface area (Å²) in [4.78, 5) is 5.33. The molecule has 2 nitrogen and oxygen atoms in total. The van der Waals surface area contributed by atoms with Crippen LogP contribution in [0.25, 0.3) is 11.1 Å². The summed E-state index contributed by atoms with van der Waals surface area (Å²) in [6.07, 6.45) is 14.2. The van der Waals surface area contributed by atoms with Gasteiger partial charge in [0, 0.05) is 16.7 Å². The van der Waals surface area contributed by atoms with E-state index in [9.17, 15) is 5.26 Å². The van der Waals surface area contributed by atoms with Gasteiger partial charge in [0.15, 0.2) is 0 Å². The van der Waals surface area contributed by atoms with Crippen molar-refractivity contribution in [3.05, 3.63) is 59.8 Å². The van der Waals surface area contributed by atoms with E-state index in [-0.39, 0.29) is 5.41 Å². The molecule has 0 saturated heterocycles. The van der Waals surface area contributed by atoms with Gasteiger partial charge in [-0.1, -0.05) is 63.1 Å². The van der Waals surface area contributed by atoms with Gasteiger partial charge in [-0.2, -0.15) is 5.26 Å². The quantitative estimate of drug-likeness (QED) is 0.324. The van der Waals surface area contributed by atoms with E-state index < -0.39 is 0 Å². The molecular weight excluding hydrogens is 444 g/mol. The molecule has 1 aromatic heterocycles. The molecule has 0 N–H and O–H groups in total. The first kappa shape index (κ1) is 23.4. The van der Waals surface area contributed by atoms with Gasteiger partial charge in [0.25, 0.3) is 0 Å². The second-order valence-electron chi connectivity index (χ2n) is 12.1. The molecule has 3 saturated carbocycles. The zero-order chi connectivity index (χ0) is 24.2. The Morgan fingerprint density at radius 1 is 1.09 bits per heavy atom. The van der Waals surface area contributed by atoms with E-state index in [1.807, 2.05) is 6.08 Å². The van der Waals surface area contributed by atoms with Crippen molar-refractivity contribution < 1.29 is 0 Å². The second-order valence-corrected chi connectivity index (χ2v) is 13.1. The first-order chi connectivity index (χ1) is 17.0. The number of nitriles is 1. The third-order valence-corrected chi connectivity index (χ3v) is 11.7. The maximum Gasteiger partial charge on any atom is 0.115 e. The fourth-order valence-electron chi connectivity index (χ4n) is 9.05. The summed E-state index contributed by atoms with van der Waals surface area (Å²) in [6, 6.07) is 13.2. The summed E-state index contributed by atoms with van der Waals surface area (Å²) in [5.74, 6) is 4.02. The van der Waals surface area contributed by atoms with Gasteiger partial charge in [0.2, 0.25) is 0 Å². The largest absolute Gasteiger partial charge is 0.244 e. The second kappa shape index (κ2) is 8.81. The topological polar surface area (TPSA) is 36.7 Å². The Morgan fingerprint density at radius 2 is 1.91 bits per heavy atom. The fourth-order valence-corrected chi connectivity index (χ4v) is 9.77. The average molecular weight is 483 g/mol. The van der Waals surface area contributed by atoms with Crippen LogP contribution in [0.15, 0.2) is 48.0 Å². The maximum absolute atomic E-state index is 10.3. The summed E-state index contributed by atoms with van der Waals surface area (Å²) in [6.45, 7) is 9.09. The lowest BCUT2D eigenvalue weighted by atomic mass is 9.45. The van der Waals surface area contributed by atoms with Crippen LogP contribution < -0.4 is 0 Å². The third-order valence-electron chi connectivity index (χ3n) is 10.7. The number of fused-ring (bicyclic) bond motifs is 7. The number of aromatic nitrogens is 1. The Hall–Kier alpha value is -2.05. The highest BCUT2D eigenvalue weighted by molar-refractivity contribution is 7.99. The predicted octanol–water partition coefficient (Wildman–Crippen LogP) is 8.34. The van der Waals surface area contributed by atoms with Crippen molar-refractivity contribution in [3.63, 3.8) is 0 Å². The molecule has 0 radical (unpaired) electrons. The Morgan fingerprint density at radius 3 is 2.69 bits per heavy atom. The lowest BCUT2D eigenvalue weighted by molar-refractivity contribution is -0.0908. The van der Waals surface area contributed by atoms with Crippen molar-refractivity contribution >= 4 is 11.8 Å². The highest BCUT2D eigenvalue weighted by Gasteiger charge is 2.59. The lowest BCUT2D eigenvalue weighted by Gasteiger charge is -2.59. The number of nitrogens with zero attached hydrogens (tertiary/aromatic N) is 2. The van der Waals surface area contributed by atoms with Gasteiger partial charge in [-0.25, -0.2) is 4.98 Å². The average Bonchev–Trinajstić information content (AvgIpc) is 3.18. The van der Waals surface area contributed by atoms with E-state index in [0.717, 1.165) is 46.1 Å². The van der Waals surface area contributed by atoms with Crippen molar-refractivity contribution in [2.75, 3.05) is 5.75 Å². The molecule has 0 aliphatic heterocycles. The van der Waals surface area contributed by atoms with Gasteiger partial charge < -0.3 is 0 Å². The van der Waals surface area contributed by atoms with E-state index in [0.29, 0.717) is 11.3 Å². The summed E-state index contributed by atoms with van der Waals surface area (Å²) in [7, 11) is 0. The normalized spacial score (nSPS) is 35.2. The van der Waals surface area contributed by atoms with Crippen LogP contribution in [0.2, 0.25) is 0 Å². The minimum atomic E-state index is 0.120. The molecule has 6 atom stereocenters. The Labute approximate surface area is 215 Å². The van der Waals surface area contributed by atoms with E-state index in [2.05, 4.69) is 56.8 Å². The molecule has 4 aliphatic rings. The number of benzene rings is 1. The number of rotatable bonds is 4. The molecule has 4 aliphatic carbocycles. The van der Waals surface area contributed by atoms with Crippen LogP contribution >= 0.6 is 11.8 Å². The molecule has 1 heterocycles. The summed E-state index contributed by atoms with van der Waals surface area (Å²) in [5, 5.41) is 11.2. The van der Waals surface area contributed by atoms with E-state index >= 15 is 0 Å². The van der Waals surface area contributed by atoms with Crippen molar-refractivity contribution in [1.29, 1.82) is 5.26 Å². The minimum Gasteiger partial charge on any atom is -0.244 e. The van der Waals surface area contributed by atoms with Crippen LogP contribution in [0.5, 0.6) is 0 Å². The predicted molar refractivity (Wildman–Crippen MR) is 145 cm³/mol. The highest BCUT2D eigenvalue weighted by Crippen LogP contribution is 2.66. The Balaban J connectivity index is 1.48. The van der Waals surface area contributed by atoms with E-state index in [1.165, 1.54) is 68.2 Å². The van der Waals surface area contributed by atoms with Crippen LogP contribution in [0.3, 0.4) is 0 Å². The van der Waals surface area contributed by atoms with Crippen molar-refractivity contribution in [3.8, 4) is 17.2 Å². The standard InChI is InChI=1S/C32H38N2S/c1-4-18-35-30-25(20-33)28(21-10-6-5-7-11-21)24-19-27-23-14-13-22-12-8-9-16-31(22,2)26(23)15-17-32(27,3)29(24)34-30/h4-7,10-11,22-23,26-27H,1,8-9,12-19H2,2-3H3/t22-,23+,26+,27-,31+,32+/m1/s1. The van der Waals surface area contributed by atoms with Crippen LogP contribution in [-0.2, 0) is 11.8 Å². The summed E-state index contributed by atoms with van der Waals surface area (Å²) >= 11 is 1.67. The molecule has 6 rings (SSSR count). The van der Waals surface area contributed by atoms with Crippen LogP contribution in [0.4, 0.5) is 0 Å². The third kappa shape index (κ3) is 3.46. The minimum absolute atomic E-state index is 0.120. The Kier molecular flexibility index (Phi) is 5.88. The first-order valence-corrected chi connectivity index (χ1v) is 14.8. The molecule has 0 unspecified atom stereocenters. The lowest BCUT2D eigenvalue weighted by Crippen LogP contribution is -2.53. The van der Waals surface area contributed by atoms with Gasteiger partial charge in [0.05, 0.1) is 11.3 Å². The molecule has 0 bridgehead atoms. The van der Waals surface area contributed by atoms with Gasteiger partial charge in [-0.15, -0.1) is 18.3 Å².